The molecule has 1 heterocycles. The molecule has 0 bridgehead atoms. The zero-order valence-corrected chi connectivity index (χ0v) is 12.6. The molecular weight excluding hydrogens is 258 g/mol. The van der Waals surface area contributed by atoms with E-state index in [1.807, 2.05) is 0 Å². The average Bonchev–Trinajstić information content (AvgIpc) is 2.45. The van der Waals surface area contributed by atoms with Crippen LogP contribution < -0.4 is 0 Å². The van der Waals surface area contributed by atoms with Gasteiger partial charge in [0.25, 0.3) is 5.91 Å². The van der Waals surface area contributed by atoms with Crippen molar-refractivity contribution >= 4 is 11.9 Å². The van der Waals surface area contributed by atoms with E-state index in [1.165, 1.54) is 13.5 Å². The number of carboxylic acids is 1. The maximum atomic E-state index is 12.8. The molecule has 2 aliphatic rings. The van der Waals surface area contributed by atoms with Gasteiger partial charge in [0.05, 0.1) is 0 Å². The van der Waals surface area contributed by atoms with Crippen molar-refractivity contribution in [1.29, 1.82) is 0 Å². The van der Waals surface area contributed by atoms with Gasteiger partial charge in [0.1, 0.15) is 11.6 Å². The van der Waals surface area contributed by atoms with Crippen LogP contribution in [0.15, 0.2) is 0 Å². The van der Waals surface area contributed by atoms with E-state index >= 15 is 0 Å². The molecule has 2 fully saturated rings. The van der Waals surface area contributed by atoms with E-state index in [-0.39, 0.29) is 11.9 Å². The summed E-state index contributed by atoms with van der Waals surface area (Å²) in [6.07, 6.45) is 5.76. The van der Waals surface area contributed by atoms with Gasteiger partial charge in [0, 0.05) is 13.2 Å². The summed E-state index contributed by atoms with van der Waals surface area (Å²) >= 11 is 0. The lowest BCUT2D eigenvalue weighted by Crippen LogP contribution is -2.61. The van der Waals surface area contributed by atoms with Crippen LogP contribution in [-0.4, -0.2) is 46.7 Å². The number of fused-ring (bicyclic) bond motifs is 1. The zero-order chi connectivity index (χ0) is 14.9. The molecule has 1 aliphatic carbocycles. The number of ether oxygens (including phenoxy) is 1. The van der Waals surface area contributed by atoms with Gasteiger partial charge >= 0.3 is 5.97 Å². The summed E-state index contributed by atoms with van der Waals surface area (Å²) in [5.74, 6) is -0.630. The normalized spacial score (nSPS) is 30.8. The fourth-order valence-corrected chi connectivity index (χ4v) is 3.57. The number of carbonyl (C=O) groups excluding carboxylic acids is 1. The molecule has 1 aliphatic heterocycles. The number of likely N-dealkylation sites (tertiary alicyclic amines) is 1. The van der Waals surface area contributed by atoms with E-state index in [9.17, 15) is 14.7 Å². The largest absolute Gasteiger partial charge is 0.480 e. The summed E-state index contributed by atoms with van der Waals surface area (Å²) in [6, 6.07) is -0.628. The van der Waals surface area contributed by atoms with E-state index in [1.54, 1.807) is 18.7 Å². The number of carboxylic acid groups (broad SMARTS) is 1. The molecule has 0 aromatic heterocycles. The fraction of sp³-hybridized carbons (Fsp3) is 0.867. The third kappa shape index (κ3) is 2.68. The van der Waals surface area contributed by atoms with Gasteiger partial charge in [-0.25, -0.2) is 4.79 Å². The molecule has 3 atom stereocenters. The van der Waals surface area contributed by atoms with Crippen LogP contribution >= 0.6 is 0 Å². The van der Waals surface area contributed by atoms with Gasteiger partial charge in [-0.1, -0.05) is 12.8 Å². The Balaban J connectivity index is 2.30. The molecule has 0 radical (unpaired) electrons. The molecule has 3 unspecified atom stereocenters. The maximum absolute atomic E-state index is 12.8. The lowest BCUT2D eigenvalue weighted by Gasteiger charge is -2.49. The summed E-state index contributed by atoms with van der Waals surface area (Å²) in [6.45, 7) is 3.42. The molecule has 0 spiro atoms. The van der Waals surface area contributed by atoms with Crippen molar-refractivity contribution in [2.75, 3.05) is 7.11 Å². The highest BCUT2D eigenvalue weighted by atomic mass is 16.5. The van der Waals surface area contributed by atoms with Crippen molar-refractivity contribution in [1.82, 2.24) is 4.90 Å². The van der Waals surface area contributed by atoms with Crippen molar-refractivity contribution in [3.63, 3.8) is 0 Å². The van der Waals surface area contributed by atoms with Crippen LogP contribution in [0.3, 0.4) is 0 Å². The fourth-order valence-electron chi connectivity index (χ4n) is 3.57. The maximum Gasteiger partial charge on any atom is 0.326 e. The Morgan fingerprint density at radius 2 is 1.80 bits per heavy atom. The molecule has 2 rings (SSSR count). The molecule has 1 saturated carbocycles. The predicted molar refractivity (Wildman–Crippen MR) is 74.3 cm³/mol. The van der Waals surface area contributed by atoms with Gasteiger partial charge < -0.3 is 14.7 Å². The number of aliphatic carboxylic acids is 1. The van der Waals surface area contributed by atoms with Crippen LogP contribution in [0.1, 0.15) is 52.4 Å². The smallest absolute Gasteiger partial charge is 0.326 e. The first-order valence-corrected chi connectivity index (χ1v) is 7.49. The Bertz CT molecular complexity index is 393. The number of amides is 1. The molecule has 5 heteroatoms. The highest BCUT2D eigenvalue weighted by molar-refractivity contribution is 5.89. The van der Waals surface area contributed by atoms with Crippen LogP contribution in [0, 0.1) is 5.92 Å². The monoisotopic (exact) mass is 283 g/mol. The molecule has 5 nitrogen and oxygen atoms in total. The number of rotatable bonds is 3. The molecule has 20 heavy (non-hydrogen) atoms. The molecule has 0 aromatic rings. The summed E-state index contributed by atoms with van der Waals surface area (Å²) in [5, 5.41) is 9.45. The topological polar surface area (TPSA) is 66.8 Å². The molecule has 0 aromatic carbocycles. The quantitative estimate of drug-likeness (QED) is 0.860. The first kappa shape index (κ1) is 15.3. The van der Waals surface area contributed by atoms with Crippen molar-refractivity contribution in [3.05, 3.63) is 0 Å². The van der Waals surface area contributed by atoms with E-state index in [0.29, 0.717) is 12.3 Å². The van der Waals surface area contributed by atoms with E-state index in [4.69, 9.17) is 4.74 Å². The summed E-state index contributed by atoms with van der Waals surface area (Å²) < 4.78 is 5.28. The third-order valence-corrected chi connectivity index (χ3v) is 4.92. The van der Waals surface area contributed by atoms with E-state index in [0.717, 1.165) is 25.7 Å². The second-order valence-electron chi connectivity index (χ2n) is 6.47. The van der Waals surface area contributed by atoms with E-state index in [2.05, 4.69) is 0 Å². The van der Waals surface area contributed by atoms with Crippen molar-refractivity contribution in [2.24, 2.45) is 5.92 Å². The Morgan fingerprint density at radius 3 is 2.40 bits per heavy atom. The minimum absolute atomic E-state index is 0.0699. The number of nitrogens with zero attached hydrogens (tertiary/aromatic N) is 1. The van der Waals surface area contributed by atoms with Crippen molar-refractivity contribution < 1.29 is 19.4 Å². The summed E-state index contributed by atoms with van der Waals surface area (Å²) in [7, 11) is 1.50. The molecule has 114 valence electrons. The molecule has 1 amide bonds. The van der Waals surface area contributed by atoms with E-state index < -0.39 is 17.6 Å². The second-order valence-corrected chi connectivity index (χ2v) is 6.47. The predicted octanol–water partition coefficient (Wildman–Crippen LogP) is 2.05. The van der Waals surface area contributed by atoms with Gasteiger partial charge in [-0.3, -0.25) is 4.79 Å². The number of hydrogen-bond acceptors (Lipinski definition) is 3. The highest BCUT2D eigenvalue weighted by Crippen LogP contribution is 2.39. The van der Waals surface area contributed by atoms with Crippen molar-refractivity contribution in [3.8, 4) is 0 Å². The van der Waals surface area contributed by atoms with Crippen LogP contribution in [0.2, 0.25) is 0 Å². The SMILES string of the molecule is COC(C)(C)C(=O)N1C(C(=O)O)CCC2CCCCC21. The standard InChI is InChI=1S/C15H25NO4/c1-15(2,20-3)14(19)16-11-7-5-4-6-10(11)8-9-12(16)13(17)18/h10-12H,4-9H2,1-3H3,(H,17,18). The summed E-state index contributed by atoms with van der Waals surface area (Å²) in [5.41, 5.74) is -0.965. The molecular formula is C15H25NO4. The van der Waals surface area contributed by atoms with Gasteiger partial charge in [-0.15, -0.1) is 0 Å². The minimum atomic E-state index is -0.965. The first-order chi connectivity index (χ1) is 9.38. The lowest BCUT2D eigenvalue weighted by atomic mass is 9.75. The highest BCUT2D eigenvalue weighted by Gasteiger charge is 2.47. The Kier molecular flexibility index (Phi) is 4.37. The number of piperidine rings is 1. The Labute approximate surface area is 120 Å². The zero-order valence-electron chi connectivity index (χ0n) is 12.6. The lowest BCUT2D eigenvalue weighted by molar-refractivity contribution is -0.170. The Hall–Kier alpha value is -1.10. The first-order valence-electron chi connectivity index (χ1n) is 7.49. The number of methoxy groups -OCH3 is 1. The van der Waals surface area contributed by atoms with Crippen LogP contribution in [0.25, 0.3) is 0 Å². The van der Waals surface area contributed by atoms with Crippen molar-refractivity contribution in [2.45, 2.75) is 70.1 Å². The Morgan fingerprint density at radius 1 is 1.15 bits per heavy atom. The second kappa shape index (κ2) is 5.72. The third-order valence-electron chi connectivity index (χ3n) is 4.92. The van der Waals surface area contributed by atoms with Gasteiger partial charge in [-0.05, 0) is 45.4 Å². The van der Waals surface area contributed by atoms with Crippen LogP contribution in [0.4, 0.5) is 0 Å². The minimum Gasteiger partial charge on any atom is -0.480 e. The number of carbonyl (C=O) groups is 2. The number of hydrogen-bond donors (Lipinski definition) is 1. The summed E-state index contributed by atoms with van der Waals surface area (Å²) in [4.78, 5) is 25.9. The molecule has 1 saturated heterocycles. The van der Waals surface area contributed by atoms with Gasteiger partial charge in [0.15, 0.2) is 0 Å². The van der Waals surface area contributed by atoms with Gasteiger partial charge in [-0.2, -0.15) is 0 Å². The van der Waals surface area contributed by atoms with Gasteiger partial charge in [0.2, 0.25) is 0 Å². The van der Waals surface area contributed by atoms with Crippen LogP contribution in [-0.2, 0) is 14.3 Å². The average molecular weight is 283 g/mol. The molecule has 1 N–H and O–H groups in total. The van der Waals surface area contributed by atoms with Crippen LogP contribution in [0.5, 0.6) is 0 Å².